The molecule has 0 aliphatic heterocycles. The fourth-order valence-electron chi connectivity index (χ4n) is 3.00. The Morgan fingerprint density at radius 2 is 1.69 bits per heavy atom. The molecule has 3 rings (SSSR count). The molecule has 7 nitrogen and oxygen atoms in total. The maximum absolute atomic E-state index is 12.6. The van der Waals surface area contributed by atoms with E-state index >= 15 is 0 Å². The number of anilines is 2. The van der Waals surface area contributed by atoms with Gasteiger partial charge in [-0.05, 0) is 55.3 Å². The highest BCUT2D eigenvalue weighted by Gasteiger charge is 2.17. The second-order valence-corrected chi connectivity index (χ2v) is 8.65. The number of rotatable bonds is 8. The Balaban J connectivity index is 1.53. The Morgan fingerprint density at radius 3 is 2.31 bits per heavy atom. The molecule has 32 heavy (non-hydrogen) atoms. The topological polar surface area (TPSA) is 101 Å². The van der Waals surface area contributed by atoms with Crippen LogP contribution in [0.25, 0.3) is 0 Å². The van der Waals surface area contributed by atoms with Crippen LogP contribution in [0.1, 0.15) is 18.1 Å². The van der Waals surface area contributed by atoms with Crippen LogP contribution >= 0.6 is 11.8 Å². The Bertz CT molecular complexity index is 1120. The van der Waals surface area contributed by atoms with Crippen LogP contribution in [0.15, 0.2) is 77.7 Å². The second-order valence-electron chi connectivity index (χ2n) is 7.24. The van der Waals surface area contributed by atoms with Gasteiger partial charge in [0.15, 0.2) is 0 Å². The van der Waals surface area contributed by atoms with Crippen LogP contribution in [0, 0.1) is 17.0 Å². The molecule has 0 saturated heterocycles. The van der Waals surface area contributed by atoms with Crippen LogP contribution in [-0.2, 0) is 16.0 Å². The molecule has 8 heteroatoms. The molecule has 3 aromatic carbocycles. The summed E-state index contributed by atoms with van der Waals surface area (Å²) < 4.78 is 0. The number of hydrogen-bond acceptors (Lipinski definition) is 5. The van der Waals surface area contributed by atoms with Crippen molar-refractivity contribution in [1.29, 1.82) is 0 Å². The molecule has 0 aromatic heterocycles. The standard InChI is InChI=1S/C24H23N3O4S/c1-16-14-20(27(30)31)10-13-22(16)26-24(29)17(2)32-21-11-8-19(9-12-21)25-23(28)15-18-6-4-3-5-7-18/h3-14,17H,15H2,1-2H3,(H,25,28)(H,26,29). The van der Waals surface area contributed by atoms with Crippen molar-refractivity contribution in [1.82, 2.24) is 0 Å². The molecular weight excluding hydrogens is 426 g/mol. The molecule has 2 amide bonds. The highest BCUT2D eigenvalue weighted by atomic mass is 32.2. The first-order valence-corrected chi connectivity index (χ1v) is 10.9. The van der Waals surface area contributed by atoms with Crippen LogP contribution in [0.2, 0.25) is 0 Å². The summed E-state index contributed by atoms with van der Waals surface area (Å²) in [5, 5.41) is 16.2. The zero-order valence-corrected chi connectivity index (χ0v) is 18.5. The van der Waals surface area contributed by atoms with E-state index in [1.54, 1.807) is 26.0 Å². The van der Waals surface area contributed by atoms with Crippen molar-refractivity contribution in [2.45, 2.75) is 30.4 Å². The van der Waals surface area contributed by atoms with Crippen molar-refractivity contribution in [3.8, 4) is 0 Å². The van der Waals surface area contributed by atoms with Gasteiger partial charge in [-0.15, -0.1) is 11.8 Å². The quantitative estimate of drug-likeness (QED) is 0.279. The SMILES string of the molecule is Cc1cc([N+](=O)[O-])ccc1NC(=O)C(C)Sc1ccc(NC(=O)Cc2ccccc2)cc1. The predicted molar refractivity (Wildman–Crippen MR) is 127 cm³/mol. The smallest absolute Gasteiger partial charge is 0.269 e. The Morgan fingerprint density at radius 1 is 1.00 bits per heavy atom. The molecule has 2 N–H and O–H groups in total. The molecule has 0 heterocycles. The Hall–Kier alpha value is -3.65. The average Bonchev–Trinajstić information content (AvgIpc) is 2.77. The molecule has 0 spiro atoms. The molecule has 0 aliphatic carbocycles. The van der Waals surface area contributed by atoms with Crippen molar-refractivity contribution in [2.24, 2.45) is 0 Å². The number of carbonyl (C=O) groups is 2. The number of non-ortho nitro benzene ring substituents is 1. The van der Waals surface area contributed by atoms with Crippen molar-refractivity contribution in [3.63, 3.8) is 0 Å². The first-order chi connectivity index (χ1) is 15.3. The number of nitro benzene ring substituents is 1. The predicted octanol–water partition coefficient (Wildman–Crippen LogP) is 5.20. The molecule has 0 bridgehead atoms. The minimum absolute atomic E-state index is 0.0149. The van der Waals surface area contributed by atoms with E-state index < -0.39 is 4.92 Å². The van der Waals surface area contributed by atoms with Gasteiger partial charge >= 0.3 is 0 Å². The number of thioether (sulfide) groups is 1. The van der Waals surface area contributed by atoms with Crippen LogP contribution < -0.4 is 10.6 Å². The highest BCUT2D eigenvalue weighted by molar-refractivity contribution is 8.00. The number of nitrogens with one attached hydrogen (secondary N) is 2. The third-order valence-corrected chi connectivity index (χ3v) is 5.82. The first-order valence-electron chi connectivity index (χ1n) is 9.98. The van der Waals surface area contributed by atoms with E-state index in [1.807, 2.05) is 42.5 Å². The van der Waals surface area contributed by atoms with E-state index in [0.717, 1.165) is 10.5 Å². The van der Waals surface area contributed by atoms with Gasteiger partial charge in [0.1, 0.15) is 0 Å². The van der Waals surface area contributed by atoms with E-state index in [0.29, 0.717) is 23.4 Å². The fraction of sp³-hybridized carbons (Fsp3) is 0.167. The number of amides is 2. The van der Waals surface area contributed by atoms with Crippen molar-refractivity contribution in [3.05, 3.63) is 94.0 Å². The van der Waals surface area contributed by atoms with Crippen LogP contribution in [0.4, 0.5) is 17.1 Å². The third-order valence-electron chi connectivity index (χ3n) is 4.71. The molecule has 0 aliphatic rings. The van der Waals surface area contributed by atoms with Crippen LogP contribution in [0.3, 0.4) is 0 Å². The monoisotopic (exact) mass is 449 g/mol. The fourth-order valence-corrected chi connectivity index (χ4v) is 3.86. The number of nitro groups is 1. The lowest BCUT2D eigenvalue weighted by Crippen LogP contribution is -2.22. The maximum atomic E-state index is 12.6. The zero-order chi connectivity index (χ0) is 23.1. The van der Waals surface area contributed by atoms with Gasteiger partial charge in [0.2, 0.25) is 11.8 Å². The Kier molecular flexibility index (Phi) is 7.62. The molecule has 164 valence electrons. The van der Waals surface area contributed by atoms with Crippen LogP contribution in [-0.4, -0.2) is 22.0 Å². The van der Waals surface area contributed by atoms with E-state index in [4.69, 9.17) is 0 Å². The maximum Gasteiger partial charge on any atom is 0.269 e. The number of hydrogen-bond donors (Lipinski definition) is 2. The van der Waals surface area contributed by atoms with Gasteiger partial charge in [0.25, 0.3) is 5.69 Å². The largest absolute Gasteiger partial charge is 0.326 e. The zero-order valence-electron chi connectivity index (χ0n) is 17.7. The summed E-state index contributed by atoms with van der Waals surface area (Å²) in [5.74, 6) is -0.296. The summed E-state index contributed by atoms with van der Waals surface area (Å²) in [6.45, 7) is 3.50. The van der Waals surface area contributed by atoms with E-state index in [9.17, 15) is 19.7 Å². The lowest BCUT2D eigenvalue weighted by atomic mass is 10.1. The summed E-state index contributed by atoms with van der Waals surface area (Å²) in [5.41, 5.74) is 2.79. The minimum atomic E-state index is -0.467. The molecule has 1 unspecified atom stereocenters. The Labute approximate surface area is 190 Å². The minimum Gasteiger partial charge on any atom is -0.326 e. The molecule has 0 fully saturated rings. The van der Waals surface area contributed by atoms with Crippen molar-refractivity contribution in [2.75, 3.05) is 10.6 Å². The molecule has 0 saturated carbocycles. The number of carbonyl (C=O) groups excluding carboxylic acids is 2. The van der Waals surface area contributed by atoms with Gasteiger partial charge < -0.3 is 10.6 Å². The summed E-state index contributed by atoms with van der Waals surface area (Å²) in [7, 11) is 0. The van der Waals surface area contributed by atoms with Gasteiger partial charge in [-0.3, -0.25) is 19.7 Å². The van der Waals surface area contributed by atoms with Crippen molar-refractivity contribution < 1.29 is 14.5 Å². The van der Waals surface area contributed by atoms with Gasteiger partial charge in [-0.1, -0.05) is 30.3 Å². The van der Waals surface area contributed by atoms with E-state index in [-0.39, 0.29) is 22.8 Å². The van der Waals surface area contributed by atoms with Crippen molar-refractivity contribution >= 4 is 40.6 Å². The second kappa shape index (κ2) is 10.6. The molecule has 1 atom stereocenters. The number of benzene rings is 3. The number of aryl methyl sites for hydroxylation is 1. The lowest BCUT2D eigenvalue weighted by Gasteiger charge is -2.14. The number of nitrogens with zero attached hydrogens (tertiary/aromatic N) is 1. The summed E-state index contributed by atoms with van der Waals surface area (Å²) in [4.78, 5) is 36.0. The summed E-state index contributed by atoms with van der Waals surface area (Å²) >= 11 is 1.38. The van der Waals surface area contributed by atoms with Crippen LogP contribution in [0.5, 0.6) is 0 Å². The normalized spacial score (nSPS) is 11.4. The summed E-state index contributed by atoms with van der Waals surface area (Å²) in [6.07, 6.45) is 0.302. The average molecular weight is 450 g/mol. The summed E-state index contributed by atoms with van der Waals surface area (Å²) in [6, 6.07) is 21.2. The van der Waals surface area contributed by atoms with Gasteiger partial charge in [-0.2, -0.15) is 0 Å². The van der Waals surface area contributed by atoms with Gasteiger partial charge in [0.05, 0.1) is 16.6 Å². The highest BCUT2D eigenvalue weighted by Crippen LogP contribution is 2.27. The molecular formula is C24H23N3O4S. The van der Waals surface area contributed by atoms with E-state index in [1.165, 1.54) is 30.0 Å². The van der Waals surface area contributed by atoms with Gasteiger partial charge in [0, 0.05) is 28.4 Å². The van der Waals surface area contributed by atoms with E-state index in [2.05, 4.69) is 10.6 Å². The first kappa shape index (κ1) is 23.0. The molecule has 3 aromatic rings. The third kappa shape index (κ3) is 6.42. The van der Waals surface area contributed by atoms with Gasteiger partial charge in [-0.25, -0.2) is 0 Å². The molecule has 0 radical (unpaired) electrons. The lowest BCUT2D eigenvalue weighted by molar-refractivity contribution is -0.384.